The van der Waals surface area contributed by atoms with Gasteiger partial charge in [0.15, 0.2) is 0 Å². The van der Waals surface area contributed by atoms with Gasteiger partial charge in [-0.15, -0.1) is 0 Å². The first kappa shape index (κ1) is 16.2. The molecule has 0 aliphatic rings. The highest BCUT2D eigenvalue weighted by Gasteiger charge is 2.29. The van der Waals surface area contributed by atoms with E-state index in [0.29, 0.717) is 6.54 Å². The molecule has 0 rings (SSSR count). The summed E-state index contributed by atoms with van der Waals surface area (Å²) < 4.78 is 5.36. The van der Waals surface area contributed by atoms with Gasteiger partial charge >= 0.3 is 6.09 Å². The summed E-state index contributed by atoms with van der Waals surface area (Å²) in [4.78, 5) is 13.7. The Balaban J connectivity index is 4.70. The molecular weight excluding hydrogens is 218 g/mol. The van der Waals surface area contributed by atoms with Crippen molar-refractivity contribution in [1.29, 1.82) is 0 Å². The molecule has 0 aliphatic carbocycles. The zero-order chi connectivity index (χ0) is 13.9. The average molecular weight is 245 g/mol. The van der Waals surface area contributed by atoms with Gasteiger partial charge < -0.3 is 14.7 Å². The van der Waals surface area contributed by atoms with Gasteiger partial charge in [-0.05, 0) is 34.6 Å². The molecule has 1 amide bonds. The lowest BCUT2D eigenvalue weighted by Crippen LogP contribution is -2.46. The van der Waals surface area contributed by atoms with Crippen LogP contribution in [0.3, 0.4) is 0 Å². The molecule has 102 valence electrons. The number of hydrogen-bond acceptors (Lipinski definition) is 3. The van der Waals surface area contributed by atoms with Gasteiger partial charge in [0, 0.05) is 24.6 Å². The van der Waals surface area contributed by atoms with Crippen LogP contribution in [0.4, 0.5) is 4.79 Å². The predicted molar refractivity (Wildman–Crippen MR) is 68.9 cm³/mol. The maximum atomic E-state index is 12.0. The first-order valence-electron chi connectivity index (χ1n) is 6.09. The van der Waals surface area contributed by atoms with Gasteiger partial charge in [-0.1, -0.05) is 13.8 Å². The maximum Gasteiger partial charge on any atom is 0.410 e. The highest BCUT2D eigenvalue weighted by molar-refractivity contribution is 5.68. The summed E-state index contributed by atoms with van der Waals surface area (Å²) in [5.41, 5.74) is -0.811. The van der Waals surface area contributed by atoms with Gasteiger partial charge in [-0.2, -0.15) is 0 Å². The van der Waals surface area contributed by atoms with Crippen LogP contribution in [0.25, 0.3) is 0 Å². The van der Waals surface area contributed by atoms with E-state index in [1.54, 1.807) is 4.90 Å². The SMILES string of the molecule is CC(C)N(CC(C)(C)CO)C(=O)OC(C)(C)C. The molecule has 0 aliphatic heterocycles. The van der Waals surface area contributed by atoms with E-state index in [1.165, 1.54) is 0 Å². The van der Waals surface area contributed by atoms with Crippen LogP contribution in [0.5, 0.6) is 0 Å². The van der Waals surface area contributed by atoms with Crippen molar-refractivity contribution in [1.82, 2.24) is 4.90 Å². The molecule has 0 unspecified atom stereocenters. The summed E-state index contributed by atoms with van der Waals surface area (Å²) in [5.74, 6) is 0. The van der Waals surface area contributed by atoms with Crippen molar-refractivity contribution in [2.75, 3.05) is 13.2 Å². The van der Waals surface area contributed by atoms with Crippen molar-refractivity contribution in [2.24, 2.45) is 5.41 Å². The van der Waals surface area contributed by atoms with Crippen LogP contribution in [0.1, 0.15) is 48.5 Å². The quantitative estimate of drug-likeness (QED) is 0.828. The van der Waals surface area contributed by atoms with Gasteiger partial charge in [0.2, 0.25) is 0 Å². The van der Waals surface area contributed by atoms with E-state index in [4.69, 9.17) is 4.74 Å². The van der Waals surface area contributed by atoms with Gasteiger partial charge in [-0.3, -0.25) is 0 Å². The Morgan fingerprint density at radius 2 is 1.71 bits per heavy atom. The molecule has 0 saturated heterocycles. The lowest BCUT2D eigenvalue weighted by molar-refractivity contribution is 0.00562. The number of ether oxygens (including phenoxy) is 1. The highest BCUT2D eigenvalue weighted by Crippen LogP contribution is 2.20. The average Bonchev–Trinajstić information content (AvgIpc) is 2.11. The van der Waals surface area contributed by atoms with E-state index < -0.39 is 5.60 Å². The molecule has 0 heterocycles. The van der Waals surface area contributed by atoms with Crippen LogP contribution >= 0.6 is 0 Å². The third-order valence-corrected chi connectivity index (χ3v) is 2.28. The summed E-state index contributed by atoms with van der Waals surface area (Å²) in [6.45, 7) is 13.8. The summed E-state index contributed by atoms with van der Waals surface area (Å²) in [7, 11) is 0. The minimum absolute atomic E-state index is 0.0407. The Morgan fingerprint density at radius 3 is 2.00 bits per heavy atom. The van der Waals surface area contributed by atoms with Crippen LogP contribution in [-0.4, -0.2) is 40.9 Å². The fraction of sp³-hybridized carbons (Fsp3) is 0.923. The topological polar surface area (TPSA) is 49.8 Å². The summed E-state index contributed by atoms with van der Waals surface area (Å²) >= 11 is 0. The minimum atomic E-state index is -0.492. The van der Waals surface area contributed by atoms with E-state index in [1.807, 2.05) is 48.5 Å². The molecule has 17 heavy (non-hydrogen) atoms. The number of aliphatic hydroxyl groups is 1. The first-order chi connectivity index (χ1) is 7.48. The second kappa shape index (κ2) is 5.71. The van der Waals surface area contributed by atoms with Crippen molar-refractivity contribution in [2.45, 2.75) is 60.1 Å². The molecule has 4 nitrogen and oxygen atoms in total. The van der Waals surface area contributed by atoms with Crippen LogP contribution < -0.4 is 0 Å². The lowest BCUT2D eigenvalue weighted by atomic mass is 9.94. The van der Waals surface area contributed by atoms with E-state index in [-0.39, 0.29) is 24.2 Å². The number of amides is 1. The van der Waals surface area contributed by atoms with Crippen LogP contribution in [0, 0.1) is 5.41 Å². The van der Waals surface area contributed by atoms with E-state index in [9.17, 15) is 9.90 Å². The van der Waals surface area contributed by atoms with Gasteiger partial charge in [0.1, 0.15) is 5.60 Å². The van der Waals surface area contributed by atoms with E-state index in [2.05, 4.69) is 0 Å². The molecule has 1 N–H and O–H groups in total. The zero-order valence-corrected chi connectivity index (χ0v) is 12.2. The summed E-state index contributed by atoms with van der Waals surface area (Å²) in [6.07, 6.45) is -0.325. The highest BCUT2D eigenvalue weighted by atomic mass is 16.6. The molecule has 0 saturated carbocycles. The van der Waals surface area contributed by atoms with E-state index in [0.717, 1.165) is 0 Å². The molecule has 4 heteroatoms. The molecule has 0 aromatic heterocycles. The van der Waals surface area contributed by atoms with Gasteiger partial charge in [0.25, 0.3) is 0 Å². The first-order valence-corrected chi connectivity index (χ1v) is 6.09. The molecular formula is C13H27NO3. The molecule has 0 aromatic rings. The Hall–Kier alpha value is -0.770. The Morgan fingerprint density at radius 1 is 1.24 bits per heavy atom. The molecule has 0 radical (unpaired) electrons. The van der Waals surface area contributed by atoms with Crippen molar-refractivity contribution < 1.29 is 14.6 Å². The van der Waals surface area contributed by atoms with Crippen molar-refractivity contribution in [3.63, 3.8) is 0 Å². The smallest absolute Gasteiger partial charge is 0.410 e. The number of carbonyl (C=O) groups is 1. The largest absolute Gasteiger partial charge is 0.444 e. The van der Waals surface area contributed by atoms with E-state index >= 15 is 0 Å². The van der Waals surface area contributed by atoms with Gasteiger partial charge in [0.05, 0.1) is 0 Å². The number of aliphatic hydroxyl groups excluding tert-OH is 1. The monoisotopic (exact) mass is 245 g/mol. The van der Waals surface area contributed by atoms with Crippen LogP contribution in [0.2, 0.25) is 0 Å². The second-order valence-electron chi connectivity index (χ2n) is 6.52. The molecule has 0 bridgehead atoms. The summed E-state index contributed by atoms with van der Waals surface area (Å²) in [5, 5.41) is 9.26. The second-order valence-corrected chi connectivity index (χ2v) is 6.52. The minimum Gasteiger partial charge on any atom is -0.444 e. The zero-order valence-electron chi connectivity index (χ0n) is 12.2. The standard InChI is InChI=1S/C13H27NO3/c1-10(2)14(8-13(6,7)9-15)11(16)17-12(3,4)5/h10,15H,8-9H2,1-7H3. The molecule has 0 spiro atoms. The fourth-order valence-corrected chi connectivity index (χ4v) is 1.29. The molecule has 0 atom stereocenters. The van der Waals surface area contributed by atoms with Crippen molar-refractivity contribution >= 4 is 6.09 Å². The van der Waals surface area contributed by atoms with Gasteiger partial charge in [-0.25, -0.2) is 4.79 Å². The number of carbonyl (C=O) groups excluding carboxylic acids is 1. The van der Waals surface area contributed by atoms with Crippen molar-refractivity contribution in [3.05, 3.63) is 0 Å². The maximum absolute atomic E-state index is 12.0. The summed E-state index contributed by atoms with van der Waals surface area (Å²) in [6, 6.07) is 0.0516. The lowest BCUT2D eigenvalue weighted by Gasteiger charge is -2.35. The fourth-order valence-electron chi connectivity index (χ4n) is 1.29. The number of rotatable bonds is 4. The molecule has 0 aromatic carbocycles. The Kier molecular flexibility index (Phi) is 5.46. The van der Waals surface area contributed by atoms with Crippen LogP contribution in [0.15, 0.2) is 0 Å². The van der Waals surface area contributed by atoms with Crippen LogP contribution in [-0.2, 0) is 4.74 Å². The normalized spacial score (nSPS) is 12.8. The predicted octanol–water partition coefficient (Wildman–Crippen LogP) is 2.65. The number of hydrogen-bond donors (Lipinski definition) is 1. The molecule has 0 fully saturated rings. The third kappa shape index (κ3) is 6.51. The number of nitrogens with zero attached hydrogens (tertiary/aromatic N) is 1. The van der Waals surface area contributed by atoms with Crippen molar-refractivity contribution in [3.8, 4) is 0 Å². The third-order valence-electron chi connectivity index (χ3n) is 2.28. The Labute approximate surface area is 105 Å². The Bertz CT molecular complexity index is 254.